The first kappa shape index (κ1) is 34.3. The topological polar surface area (TPSA) is 128 Å². The van der Waals surface area contributed by atoms with Crippen LogP contribution in [0.5, 0.6) is 0 Å². The van der Waals surface area contributed by atoms with E-state index < -0.39 is 34.0 Å². The number of anilines is 1. The number of carbonyl (C=O) groups is 2. The zero-order chi connectivity index (χ0) is 33.3. The maximum atomic E-state index is 13.7. The predicted octanol–water partition coefficient (Wildman–Crippen LogP) is 4.20. The predicted molar refractivity (Wildman–Crippen MR) is 178 cm³/mol. The van der Waals surface area contributed by atoms with Crippen molar-refractivity contribution >= 4 is 27.5 Å². The molecule has 4 aromatic carbocycles. The van der Waals surface area contributed by atoms with Gasteiger partial charge < -0.3 is 21.1 Å². The third kappa shape index (κ3) is 9.71. The third-order valence-electron chi connectivity index (χ3n) is 7.60. The second kappa shape index (κ2) is 15.6. The van der Waals surface area contributed by atoms with Crippen LogP contribution in [0.3, 0.4) is 0 Å². The average molecular weight is 647 g/mol. The summed E-state index contributed by atoms with van der Waals surface area (Å²) >= 11 is 0. The number of hydrogen-bond acceptors (Lipinski definition) is 6. The first-order valence-corrected chi connectivity index (χ1v) is 16.7. The van der Waals surface area contributed by atoms with Crippen molar-refractivity contribution in [3.8, 4) is 0 Å². The largest absolute Gasteiger partial charge is 0.390 e. The van der Waals surface area contributed by atoms with Crippen molar-refractivity contribution in [1.29, 1.82) is 0 Å². The van der Waals surface area contributed by atoms with Gasteiger partial charge in [0.1, 0.15) is 5.82 Å². The van der Waals surface area contributed by atoms with Crippen LogP contribution in [0.4, 0.5) is 10.1 Å². The van der Waals surface area contributed by atoms with Gasteiger partial charge in [-0.25, -0.2) is 12.8 Å². The maximum absolute atomic E-state index is 13.7. The van der Waals surface area contributed by atoms with Crippen molar-refractivity contribution < 1.29 is 27.5 Å². The fraction of sp³-hybridized carbons (Fsp3) is 0.257. The molecule has 0 saturated heterocycles. The van der Waals surface area contributed by atoms with Crippen LogP contribution in [0.1, 0.15) is 50.4 Å². The normalized spacial score (nSPS) is 13.3. The Balaban J connectivity index is 1.58. The second-order valence-corrected chi connectivity index (χ2v) is 13.2. The van der Waals surface area contributed by atoms with Gasteiger partial charge in [0.2, 0.25) is 10.0 Å². The summed E-state index contributed by atoms with van der Waals surface area (Å²) in [4.78, 5) is 27.1. The maximum Gasteiger partial charge on any atom is 0.251 e. The Morgan fingerprint density at radius 2 is 1.41 bits per heavy atom. The van der Waals surface area contributed by atoms with Crippen molar-refractivity contribution in [3.63, 3.8) is 0 Å². The lowest BCUT2D eigenvalue weighted by Gasteiger charge is -2.25. The molecule has 4 N–H and O–H groups in total. The number of rotatable bonds is 14. The van der Waals surface area contributed by atoms with Gasteiger partial charge in [-0.1, -0.05) is 72.8 Å². The standard InChI is InChI=1S/C35H39FN4O5S/c1-24(27-14-8-5-9-15-27)38-34(42)28-19-29(21-31(20-28)40(2)46(3,44)45)35(43)39-32(18-25-11-6-4-7-12-25)33(41)23-37-22-26-13-10-16-30(36)17-26/h4-17,19-21,24,32-33,37,41H,18,22-23H2,1-3H3,(H,38,42)(H,39,43). The minimum atomic E-state index is -3.72. The Kier molecular flexibility index (Phi) is 11.6. The zero-order valence-corrected chi connectivity index (χ0v) is 26.8. The van der Waals surface area contributed by atoms with E-state index in [1.54, 1.807) is 12.1 Å². The van der Waals surface area contributed by atoms with Crippen molar-refractivity contribution in [2.75, 3.05) is 24.2 Å². The molecule has 0 heterocycles. The van der Waals surface area contributed by atoms with E-state index in [0.717, 1.165) is 21.7 Å². The Hall–Kier alpha value is -4.58. The molecule has 46 heavy (non-hydrogen) atoms. The van der Waals surface area contributed by atoms with Crippen LogP contribution in [0.15, 0.2) is 103 Å². The van der Waals surface area contributed by atoms with E-state index in [0.29, 0.717) is 18.5 Å². The minimum Gasteiger partial charge on any atom is -0.390 e. The van der Waals surface area contributed by atoms with Gasteiger partial charge in [-0.3, -0.25) is 13.9 Å². The van der Waals surface area contributed by atoms with Gasteiger partial charge in [-0.2, -0.15) is 0 Å². The number of benzene rings is 4. The highest BCUT2D eigenvalue weighted by atomic mass is 32.2. The Morgan fingerprint density at radius 1 is 0.826 bits per heavy atom. The van der Waals surface area contributed by atoms with E-state index in [4.69, 9.17) is 0 Å². The molecule has 0 aliphatic carbocycles. The van der Waals surface area contributed by atoms with Crippen molar-refractivity contribution in [1.82, 2.24) is 16.0 Å². The smallest absolute Gasteiger partial charge is 0.251 e. The van der Waals surface area contributed by atoms with E-state index in [-0.39, 0.29) is 35.2 Å². The number of aliphatic hydroxyl groups excluding tert-OH is 1. The fourth-order valence-electron chi connectivity index (χ4n) is 4.91. The molecule has 3 atom stereocenters. The molecule has 4 rings (SSSR count). The van der Waals surface area contributed by atoms with Crippen molar-refractivity contribution in [2.24, 2.45) is 0 Å². The summed E-state index contributed by atoms with van der Waals surface area (Å²) in [6.45, 7) is 2.22. The van der Waals surface area contributed by atoms with Crippen molar-refractivity contribution in [2.45, 2.75) is 38.1 Å². The molecular weight excluding hydrogens is 607 g/mol. The SMILES string of the molecule is CC(NC(=O)c1cc(C(=O)NC(Cc2ccccc2)C(O)CNCc2cccc(F)c2)cc(N(C)S(C)(=O)=O)c1)c1ccccc1. The molecule has 4 aromatic rings. The van der Waals surface area contributed by atoms with Crippen LogP contribution in [0.25, 0.3) is 0 Å². The molecule has 242 valence electrons. The van der Waals surface area contributed by atoms with E-state index in [2.05, 4.69) is 16.0 Å². The second-order valence-electron chi connectivity index (χ2n) is 11.2. The number of aliphatic hydroxyl groups is 1. The van der Waals surface area contributed by atoms with Gasteiger partial charge in [-0.05, 0) is 60.4 Å². The highest BCUT2D eigenvalue weighted by Crippen LogP contribution is 2.22. The number of hydrogen-bond donors (Lipinski definition) is 4. The third-order valence-corrected chi connectivity index (χ3v) is 8.81. The van der Waals surface area contributed by atoms with Gasteiger partial charge in [0, 0.05) is 31.3 Å². The molecule has 0 aliphatic rings. The molecule has 0 aliphatic heterocycles. The number of sulfonamides is 1. The van der Waals surface area contributed by atoms with Gasteiger partial charge in [0.15, 0.2) is 0 Å². The van der Waals surface area contributed by atoms with Crippen LogP contribution in [-0.4, -0.2) is 57.3 Å². The Morgan fingerprint density at radius 3 is 2.02 bits per heavy atom. The summed E-state index contributed by atoms with van der Waals surface area (Å²) in [6.07, 6.45) is 0.273. The summed E-state index contributed by atoms with van der Waals surface area (Å²) < 4.78 is 39.4. The summed E-state index contributed by atoms with van der Waals surface area (Å²) in [5, 5.41) is 20.1. The first-order chi connectivity index (χ1) is 21.9. The lowest BCUT2D eigenvalue weighted by atomic mass is 10.00. The van der Waals surface area contributed by atoms with E-state index >= 15 is 0 Å². The van der Waals surface area contributed by atoms with Crippen molar-refractivity contribution in [3.05, 3.63) is 137 Å². The number of carbonyl (C=O) groups excluding carboxylic acids is 2. The van der Waals surface area contributed by atoms with Crippen LogP contribution in [-0.2, 0) is 23.0 Å². The van der Waals surface area contributed by atoms with Crippen LogP contribution < -0.4 is 20.3 Å². The molecule has 2 amide bonds. The average Bonchev–Trinajstić information content (AvgIpc) is 3.04. The van der Waals surface area contributed by atoms with Gasteiger partial charge in [-0.15, -0.1) is 0 Å². The Bertz CT molecular complexity index is 1740. The quantitative estimate of drug-likeness (QED) is 0.163. The lowest BCUT2D eigenvalue weighted by Crippen LogP contribution is -2.48. The minimum absolute atomic E-state index is 0.0449. The fourth-order valence-corrected chi connectivity index (χ4v) is 5.40. The summed E-state index contributed by atoms with van der Waals surface area (Å²) in [7, 11) is -2.38. The zero-order valence-electron chi connectivity index (χ0n) is 26.0. The van der Waals surface area contributed by atoms with Gasteiger partial charge >= 0.3 is 0 Å². The van der Waals surface area contributed by atoms with E-state index in [9.17, 15) is 27.5 Å². The molecule has 11 heteroatoms. The molecule has 0 radical (unpaired) electrons. The lowest BCUT2D eigenvalue weighted by molar-refractivity contribution is 0.0830. The van der Waals surface area contributed by atoms with Crippen LogP contribution in [0, 0.1) is 5.82 Å². The summed E-state index contributed by atoms with van der Waals surface area (Å²) in [5.41, 5.74) is 2.72. The molecule has 0 fully saturated rings. The Labute approximate surface area is 269 Å². The highest BCUT2D eigenvalue weighted by Gasteiger charge is 2.25. The number of nitrogens with one attached hydrogen (secondary N) is 3. The number of halogens is 1. The summed E-state index contributed by atoms with van der Waals surface area (Å²) in [5.74, 6) is -1.45. The van der Waals surface area contributed by atoms with Gasteiger partial charge in [0.05, 0.1) is 30.1 Å². The van der Waals surface area contributed by atoms with Crippen LogP contribution in [0.2, 0.25) is 0 Å². The number of amides is 2. The molecule has 0 aromatic heterocycles. The van der Waals surface area contributed by atoms with E-state index in [1.807, 2.05) is 67.6 Å². The van der Waals surface area contributed by atoms with Gasteiger partial charge in [0.25, 0.3) is 11.8 Å². The molecule has 0 bridgehead atoms. The highest BCUT2D eigenvalue weighted by molar-refractivity contribution is 7.92. The van der Waals surface area contributed by atoms with Crippen LogP contribution >= 0.6 is 0 Å². The molecule has 0 spiro atoms. The summed E-state index contributed by atoms with van der Waals surface area (Å²) in [6, 6.07) is 27.9. The van der Waals surface area contributed by atoms with E-state index in [1.165, 1.54) is 37.4 Å². The monoisotopic (exact) mass is 646 g/mol. The molecule has 9 nitrogen and oxygen atoms in total. The molecular formula is C35H39FN4O5S. The first-order valence-electron chi connectivity index (χ1n) is 14.8. The number of nitrogens with zero attached hydrogens (tertiary/aromatic N) is 1. The molecule has 0 saturated carbocycles. The molecule has 3 unspecified atom stereocenters.